The van der Waals surface area contributed by atoms with E-state index < -0.39 is 10.0 Å². The number of nitrogens with zero attached hydrogens (tertiary/aromatic N) is 4. The number of para-hydroxylation sites is 1. The van der Waals surface area contributed by atoms with Crippen LogP contribution in [0.2, 0.25) is 0 Å². The number of fused-ring (bicyclic) bond motifs is 1. The number of ether oxygens (including phenoxy) is 1. The van der Waals surface area contributed by atoms with Crippen molar-refractivity contribution in [3.05, 3.63) is 48.3 Å². The van der Waals surface area contributed by atoms with E-state index in [0.717, 1.165) is 15.8 Å². The number of hydrogen-bond donors (Lipinski definition) is 0. The van der Waals surface area contributed by atoms with Crippen molar-refractivity contribution in [3.8, 4) is 5.75 Å². The molecule has 0 radical (unpaired) electrons. The zero-order valence-corrected chi connectivity index (χ0v) is 19.7. The Morgan fingerprint density at radius 3 is 2.69 bits per heavy atom. The minimum atomic E-state index is -3.25. The summed E-state index contributed by atoms with van der Waals surface area (Å²) in [5, 5.41) is 0.603. The van der Waals surface area contributed by atoms with E-state index in [1.165, 1.54) is 21.9 Å². The second-order valence-corrected chi connectivity index (χ2v) is 10.7. The molecule has 0 spiro atoms. The van der Waals surface area contributed by atoms with Crippen LogP contribution in [0.15, 0.2) is 42.7 Å². The summed E-state index contributed by atoms with van der Waals surface area (Å²) in [5.74, 6) is 0.393. The van der Waals surface area contributed by atoms with Crippen LogP contribution in [0.4, 0.5) is 5.13 Å². The topological polar surface area (TPSA) is 92.7 Å². The SMILES string of the molecule is CCOc1cccc2sc(N(Cc3cccnc3)C(=O)C3CCN(S(C)(=O)=O)CC3)nc12. The van der Waals surface area contributed by atoms with Crippen LogP contribution < -0.4 is 9.64 Å². The first-order valence-corrected chi connectivity index (χ1v) is 13.2. The average Bonchev–Trinajstić information content (AvgIpc) is 3.22. The van der Waals surface area contributed by atoms with E-state index in [1.807, 2.05) is 37.3 Å². The molecule has 8 nitrogen and oxygen atoms in total. The highest BCUT2D eigenvalue weighted by atomic mass is 32.2. The number of anilines is 1. The highest BCUT2D eigenvalue weighted by Crippen LogP contribution is 2.36. The normalized spacial score (nSPS) is 15.7. The van der Waals surface area contributed by atoms with Crippen molar-refractivity contribution in [2.45, 2.75) is 26.3 Å². The van der Waals surface area contributed by atoms with Gasteiger partial charge in [-0.25, -0.2) is 17.7 Å². The molecule has 4 rings (SSSR count). The van der Waals surface area contributed by atoms with Crippen LogP contribution >= 0.6 is 11.3 Å². The molecule has 3 heterocycles. The zero-order valence-electron chi connectivity index (χ0n) is 18.1. The molecule has 1 saturated heterocycles. The molecule has 170 valence electrons. The highest BCUT2D eigenvalue weighted by molar-refractivity contribution is 7.88. The van der Waals surface area contributed by atoms with Crippen LogP contribution in [-0.2, 0) is 21.4 Å². The monoisotopic (exact) mass is 474 g/mol. The number of carbonyl (C=O) groups excluding carboxylic acids is 1. The van der Waals surface area contributed by atoms with Crippen LogP contribution in [-0.4, -0.2) is 54.6 Å². The van der Waals surface area contributed by atoms with E-state index in [-0.39, 0.29) is 11.8 Å². The molecule has 10 heteroatoms. The van der Waals surface area contributed by atoms with Crippen molar-refractivity contribution in [2.75, 3.05) is 30.9 Å². The van der Waals surface area contributed by atoms with Gasteiger partial charge in [0.15, 0.2) is 5.13 Å². The molecular formula is C22H26N4O4S2. The molecule has 0 aliphatic carbocycles. The molecule has 0 bridgehead atoms. The fourth-order valence-corrected chi connectivity index (χ4v) is 5.73. The molecule has 2 aromatic heterocycles. The number of thiazole rings is 1. The van der Waals surface area contributed by atoms with E-state index in [4.69, 9.17) is 9.72 Å². The molecule has 1 fully saturated rings. The van der Waals surface area contributed by atoms with E-state index in [1.54, 1.807) is 17.3 Å². The Morgan fingerprint density at radius 1 is 1.25 bits per heavy atom. The number of benzene rings is 1. The molecule has 1 aromatic carbocycles. The number of carbonyl (C=O) groups is 1. The minimum absolute atomic E-state index is 0.0426. The highest BCUT2D eigenvalue weighted by Gasteiger charge is 2.33. The van der Waals surface area contributed by atoms with E-state index in [9.17, 15) is 13.2 Å². The van der Waals surface area contributed by atoms with Crippen LogP contribution in [0, 0.1) is 5.92 Å². The fourth-order valence-electron chi connectivity index (χ4n) is 3.87. The summed E-state index contributed by atoms with van der Waals surface area (Å²) in [6.45, 7) is 3.51. The van der Waals surface area contributed by atoms with Gasteiger partial charge in [-0.1, -0.05) is 23.5 Å². The Kier molecular flexibility index (Phi) is 6.73. The molecule has 1 amide bonds. The quantitative estimate of drug-likeness (QED) is 0.522. The van der Waals surface area contributed by atoms with Crippen LogP contribution in [0.5, 0.6) is 5.75 Å². The first-order valence-electron chi connectivity index (χ1n) is 10.5. The van der Waals surface area contributed by atoms with Gasteiger partial charge >= 0.3 is 0 Å². The third kappa shape index (κ3) is 4.92. The van der Waals surface area contributed by atoms with Gasteiger partial charge in [0.1, 0.15) is 11.3 Å². The summed E-state index contributed by atoms with van der Waals surface area (Å²) in [6, 6.07) is 9.54. The van der Waals surface area contributed by atoms with Crippen LogP contribution in [0.1, 0.15) is 25.3 Å². The lowest BCUT2D eigenvalue weighted by Gasteiger charge is -2.32. The maximum absolute atomic E-state index is 13.6. The lowest BCUT2D eigenvalue weighted by Crippen LogP contribution is -2.44. The molecule has 0 atom stereocenters. The predicted molar refractivity (Wildman–Crippen MR) is 125 cm³/mol. The molecule has 0 unspecified atom stereocenters. The Balaban J connectivity index is 1.64. The van der Waals surface area contributed by atoms with Crippen molar-refractivity contribution in [1.29, 1.82) is 0 Å². The number of hydrogen-bond acceptors (Lipinski definition) is 7. The van der Waals surface area contributed by atoms with Crippen molar-refractivity contribution < 1.29 is 17.9 Å². The van der Waals surface area contributed by atoms with E-state index in [0.29, 0.717) is 50.0 Å². The van der Waals surface area contributed by atoms with Gasteiger partial charge in [0.25, 0.3) is 0 Å². The molecule has 1 aliphatic rings. The Hall–Kier alpha value is -2.56. The van der Waals surface area contributed by atoms with Gasteiger partial charge < -0.3 is 4.74 Å². The smallest absolute Gasteiger partial charge is 0.232 e. The van der Waals surface area contributed by atoms with Crippen molar-refractivity contribution in [3.63, 3.8) is 0 Å². The maximum Gasteiger partial charge on any atom is 0.232 e. The van der Waals surface area contributed by atoms with Crippen LogP contribution in [0.3, 0.4) is 0 Å². The molecule has 3 aromatic rings. The molecule has 0 saturated carbocycles. The third-order valence-corrected chi connectivity index (χ3v) is 7.85. The van der Waals surface area contributed by atoms with Crippen molar-refractivity contribution >= 4 is 42.6 Å². The van der Waals surface area contributed by atoms with Gasteiger partial charge in [-0.05, 0) is 43.5 Å². The second-order valence-electron chi connectivity index (χ2n) is 7.75. The second kappa shape index (κ2) is 9.51. The fraction of sp³-hybridized carbons (Fsp3) is 0.409. The number of sulfonamides is 1. The molecule has 0 N–H and O–H groups in total. The standard InChI is InChI=1S/C22H26N4O4S2/c1-3-30-18-7-4-8-19-20(18)24-22(31-19)26(15-16-6-5-11-23-14-16)21(27)17-9-12-25(13-10-17)32(2,28)29/h4-8,11,14,17H,3,9-10,12-13,15H2,1-2H3. The van der Waals surface area contributed by atoms with Gasteiger partial charge in [-0.2, -0.15) is 0 Å². The van der Waals surface area contributed by atoms with Crippen LogP contribution in [0.25, 0.3) is 10.2 Å². The van der Waals surface area contributed by atoms with Gasteiger partial charge in [-0.3, -0.25) is 14.7 Å². The number of pyridine rings is 1. The van der Waals surface area contributed by atoms with Gasteiger partial charge in [0.2, 0.25) is 15.9 Å². The number of piperidine rings is 1. The summed E-state index contributed by atoms with van der Waals surface area (Å²) in [7, 11) is -3.25. The van der Waals surface area contributed by atoms with Crippen molar-refractivity contribution in [1.82, 2.24) is 14.3 Å². The van der Waals surface area contributed by atoms with Gasteiger partial charge in [-0.15, -0.1) is 0 Å². The number of amides is 1. The number of aromatic nitrogens is 2. The van der Waals surface area contributed by atoms with Gasteiger partial charge in [0.05, 0.1) is 24.1 Å². The summed E-state index contributed by atoms with van der Waals surface area (Å²) >= 11 is 1.45. The predicted octanol–water partition coefficient (Wildman–Crippen LogP) is 3.29. The maximum atomic E-state index is 13.6. The Morgan fingerprint density at radius 2 is 2.03 bits per heavy atom. The lowest BCUT2D eigenvalue weighted by molar-refractivity contribution is -0.123. The average molecular weight is 475 g/mol. The zero-order chi connectivity index (χ0) is 22.7. The lowest BCUT2D eigenvalue weighted by atomic mass is 9.96. The van der Waals surface area contributed by atoms with E-state index in [2.05, 4.69) is 4.98 Å². The first-order chi connectivity index (χ1) is 15.4. The largest absolute Gasteiger partial charge is 0.492 e. The Labute approximate surface area is 191 Å². The van der Waals surface area contributed by atoms with E-state index >= 15 is 0 Å². The summed E-state index contributed by atoms with van der Waals surface area (Å²) in [5.41, 5.74) is 1.64. The molecule has 1 aliphatic heterocycles. The minimum Gasteiger partial charge on any atom is -0.492 e. The van der Waals surface area contributed by atoms with Gasteiger partial charge in [0, 0.05) is 31.4 Å². The first kappa shape index (κ1) is 22.6. The number of rotatable bonds is 7. The van der Waals surface area contributed by atoms with Crippen molar-refractivity contribution in [2.24, 2.45) is 5.92 Å². The summed E-state index contributed by atoms with van der Waals surface area (Å²) in [6.07, 6.45) is 5.63. The Bertz CT molecular complexity index is 1190. The summed E-state index contributed by atoms with van der Waals surface area (Å²) < 4.78 is 31.8. The molecule has 32 heavy (non-hydrogen) atoms. The molecular weight excluding hydrogens is 448 g/mol. The third-order valence-electron chi connectivity index (χ3n) is 5.50. The summed E-state index contributed by atoms with van der Waals surface area (Å²) in [4.78, 5) is 24.3.